The second-order valence-electron chi connectivity index (χ2n) is 4.66. The highest BCUT2D eigenvalue weighted by atomic mass is 16.6. The zero-order chi connectivity index (χ0) is 13.4. The van der Waals surface area contributed by atoms with Crippen molar-refractivity contribution in [1.29, 1.82) is 0 Å². The van der Waals surface area contributed by atoms with E-state index in [0.717, 1.165) is 12.8 Å². The lowest BCUT2D eigenvalue weighted by molar-refractivity contribution is -0.123. The van der Waals surface area contributed by atoms with Crippen molar-refractivity contribution in [3.05, 3.63) is 29.8 Å². The molecular formula is C13H12N2O4. The molecule has 0 radical (unpaired) electrons. The number of ether oxygens (including phenoxy) is 1. The standard InChI is InChI=1S/C13H12N2O4/c16-11(8-1-2-8)14-9-5-3-7(4-6-9)10-12(17)15-13(18)19-10/h3-6,8,10H,1-2H2,(H,14,16)(H,15,17,18). The second-order valence-corrected chi connectivity index (χ2v) is 4.66. The fourth-order valence-corrected chi connectivity index (χ4v) is 1.91. The maximum Gasteiger partial charge on any atom is 0.415 e. The molecule has 1 saturated carbocycles. The first kappa shape index (κ1) is 11.7. The lowest BCUT2D eigenvalue weighted by Crippen LogP contribution is -2.20. The third kappa shape index (κ3) is 2.42. The predicted molar refractivity (Wildman–Crippen MR) is 65.2 cm³/mol. The van der Waals surface area contributed by atoms with E-state index in [9.17, 15) is 14.4 Å². The van der Waals surface area contributed by atoms with Crippen molar-refractivity contribution in [2.75, 3.05) is 5.32 Å². The molecule has 0 aromatic heterocycles. The molecule has 1 aromatic carbocycles. The van der Waals surface area contributed by atoms with E-state index in [0.29, 0.717) is 11.3 Å². The van der Waals surface area contributed by atoms with Crippen LogP contribution < -0.4 is 10.6 Å². The molecule has 0 bridgehead atoms. The Morgan fingerprint density at radius 3 is 2.42 bits per heavy atom. The lowest BCUT2D eigenvalue weighted by Gasteiger charge is -2.08. The molecule has 19 heavy (non-hydrogen) atoms. The van der Waals surface area contributed by atoms with Crippen LogP contribution in [-0.4, -0.2) is 17.9 Å². The Kier molecular flexibility index (Phi) is 2.70. The maximum atomic E-state index is 11.6. The molecule has 2 N–H and O–H groups in total. The third-order valence-corrected chi connectivity index (χ3v) is 3.12. The number of hydrogen-bond acceptors (Lipinski definition) is 4. The largest absolute Gasteiger partial charge is 0.431 e. The van der Waals surface area contributed by atoms with Crippen molar-refractivity contribution in [2.45, 2.75) is 18.9 Å². The van der Waals surface area contributed by atoms with Crippen molar-refractivity contribution in [1.82, 2.24) is 5.32 Å². The summed E-state index contributed by atoms with van der Waals surface area (Å²) in [6.07, 6.45) is 0.256. The molecule has 1 saturated heterocycles. The summed E-state index contributed by atoms with van der Waals surface area (Å²) in [5.41, 5.74) is 1.25. The lowest BCUT2D eigenvalue weighted by atomic mass is 10.1. The normalized spacial score (nSPS) is 21.8. The van der Waals surface area contributed by atoms with Crippen LogP contribution in [0.2, 0.25) is 0 Å². The first-order valence-electron chi connectivity index (χ1n) is 6.06. The van der Waals surface area contributed by atoms with Gasteiger partial charge in [0, 0.05) is 17.2 Å². The van der Waals surface area contributed by atoms with E-state index < -0.39 is 18.1 Å². The van der Waals surface area contributed by atoms with E-state index in [1.54, 1.807) is 24.3 Å². The van der Waals surface area contributed by atoms with Gasteiger partial charge in [0.15, 0.2) is 0 Å². The number of carbonyl (C=O) groups excluding carboxylic acids is 3. The summed E-state index contributed by atoms with van der Waals surface area (Å²) >= 11 is 0. The van der Waals surface area contributed by atoms with E-state index in [1.807, 2.05) is 0 Å². The van der Waals surface area contributed by atoms with E-state index in [4.69, 9.17) is 4.74 Å². The smallest absolute Gasteiger partial charge is 0.415 e. The van der Waals surface area contributed by atoms with Gasteiger partial charge < -0.3 is 10.1 Å². The molecule has 0 spiro atoms. The zero-order valence-corrected chi connectivity index (χ0v) is 10.0. The monoisotopic (exact) mass is 260 g/mol. The van der Waals surface area contributed by atoms with Gasteiger partial charge in [0.25, 0.3) is 5.91 Å². The number of rotatable bonds is 3. The molecule has 1 unspecified atom stereocenters. The minimum absolute atomic E-state index is 0.0257. The van der Waals surface area contributed by atoms with Crippen LogP contribution in [0.15, 0.2) is 24.3 Å². The SMILES string of the molecule is O=C1NC(=O)C(c2ccc(NC(=O)C3CC3)cc2)O1. The first-order chi connectivity index (χ1) is 9.13. The molecular weight excluding hydrogens is 248 g/mol. The number of hydrogen-bond donors (Lipinski definition) is 2. The van der Waals surface area contributed by atoms with E-state index in [1.165, 1.54) is 0 Å². The van der Waals surface area contributed by atoms with Crippen LogP contribution in [-0.2, 0) is 14.3 Å². The summed E-state index contributed by atoms with van der Waals surface area (Å²) in [5, 5.41) is 4.86. The van der Waals surface area contributed by atoms with Gasteiger partial charge in [-0.05, 0) is 25.0 Å². The molecule has 1 heterocycles. The number of amides is 3. The number of cyclic esters (lactones) is 1. The van der Waals surface area contributed by atoms with Gasteiger partial charge in [0.05, 0.1) is 0 Å². The van der Waals surface area contributed by atoms with Gasteiger partial charge >= 0.3 is 6.09 Å². The Balaban J connectivity index is 1.70. The average Bonchev–Trinajstić information content (AvgIpc) is 3.16. The molecule has 3 amide bonds. The van der Waals surface area contributed by atoms with Gasteiger partial charge in [-0.1, -0.05) is 12.1 Å². The molecule has 1 aliphatic heterocycles. The second kappa shape index (κ2) is 4.38. The van der Waals surface area contributed by atoms with Crippen molar-refractivity contribution in [3.8, 4) is 0 Å². The molecule has 3 rings (SSSR count). The molecule has 1 aliphatic carbocycles. The van der Waals surface area contributed by atoms with Crippen LogP contribution >= 0.6 is 0 Å². The summed E-state index contributed by atoms with van der Waals surface area (Å²) < 4.78 is 4.84. The topological polar surface area (TPSA) is 84.5 Å². The minimum atomic E-state index is -0.902. The molecule has 1 atom stereocenters. The summed E-state index contributed by atoms with van der Waals surface area (Å²) in [5.74, 6) is -0.307. The number of imide groups is 1. The van der Waals surface area contributed by atoms with Gasteiger partial charge in [0.1, 0.15) is 0 Å². The van der Waals surface area contributed by atoms with Crippen molar-refractivity contribution in [2.24, 2.45) is 5.92 Å². The molecule has 6 heteroatoms. The van der Waals surface area contributed by atoms with E-state index in [-0.39, 0.29) is 11.8 Å². The Labute approximate surface area is 109 Å². The molecule has 1 aromatic rings. The van der Waals surface area contributed by atoms with Crippen LogP contribution in [0.4, 0.5) is 10.5 Å². The molecule has 98 valence electrons. The maximum absolute atomic E-state index is 11.6. The van der Waals surface area contributed by atoms with Crippen molar-refractivity contribution in [3.63, 3.8) is 0 Å². The van der Waals surface area contributed by atoms with Crippen LogP contribution in [0.25, 0.3) is 0 Å². The fourth-order valence-electron chi connectivity index (χ4n) is 1.91. The van der Waals surface area contributed by atoms with Gasteiger partial charge in [0.2, 0.25) is 12.0 Å². The summed E-state index contributed by atoms with van der Waals surface area (Å²) in [6.45, 7) is 0. The zero-order valence-electron chi connectivity index (χ0n) is 10.0. The highest BCUT2D eigenvalue weighted by molar-refractivity contribution is 6.00. The molecule has 6 nitrogen and oxygen atoms in total. The van der Waals surface area contributed by atoms with Crippen LogP contribution in [0, 0.1) is 5.92 Å². The van der Waals surface area contributed by atoms with Crippen LogP contribution in [0.1, 0.15) is 24.5 Å². The van der Waals surface area contributed by atoms with Gasteiger partial charge in [-0.25, -0.2) is 4.79 Å². The average molecular weight is 260 g/mol. The number of alkyl carbamates (subject to hydrolysis) is 1. The van der Waals surface area contributed by atoms with Crippen LogP contribution in [0.3, 0.4) is 0 Å². The predicted octanol–water partition coefficient (Wildman–Crippen LogP) is 1.34. The van der Waals surface area contributed by atoms with Crippen LogP contribution in [0.5, 0.6) is 0 Å². The quantitative estimate of drug-likeness (QED) is 0.859. The Bertz CT molecular complexity index is 548. The number of nitrogens with one attached hydrogen (secondary N) is 2. The number of anilines is 1. The Hall–Kier alpha value is -2.37. The highest BCUT2D eigenvalue weighted by Crippen LogP contribution is 2.30. The summed E-state index contributed by atoms with van der Waals surface area (Å²) in [7, 11) is 0. The summed E-state index contributed by atoms with van der Waals surface area (Å²) in [6, 6.07) is 6.70. The van der Waals surface area contributed by atoms with E-state index >= 15 is 0 Å². The fraction of sp³-hybridized carbons (Fsp3) is 0.308. The van der Waals surface area contributed by atoms with Gasteiger partial charge in [-0.3, -0.25) is 14.9 Å². The number of carbonyl (C=O) groups is 3. The van der Waals surface area contributed by atoms with Gasteiger partial charge in [-0.15, -0.1) is 0 Å². The van der Waals surface area contributed by atoms with E-state index in [2.05, 4.69) is 10.6 Å². The van der Waals surface area contributed by atoms with Gasteiger partial charge in [-0.2, -0.15) is 0 Å². The minimum Gasteiger partial charge on any atom is -0.431 e. The Morgan fingerprint density at radius 2 is 1.89 bits per heavy atom. The highest BCUT2D eigenvalue weighted by Gasteiger charge is 2.33. The van der Waals surface area contributed by atoms with Crippen molar-refractivity contribution < 1.29 is 19.1 Å². The molecule has 2 fully saturated rings. The molecule has 2 aliphatic rings. The number of benzene rings is 1. The van der Waals surface area contributed by atoms with Crippen molar-refractivity contribution >= 4 is 23.6 Å². The summed E-state index contributed by atoms with van der Waals surface area (Å²) in [4.78, 5) is 33.9. The first-order valence-corrected chi connectivity index (χ1v) is 6.06. The third-order valence-electron chi connectivity index (χ3n) is 3.12. The Morgan fingerprint density at radius 1 is 1.21 bits per heavy atom.